The summed E-state index contributed by atoms with van der Waals surface area (Å²) in [5.41, 5.74) is 5.95. The highest BCUT2D eigenvalue weighted by molar-refractivity contribution is 7.92. The third-order valence-corrected chi connectivity index (χ3v) is 4.48. The molecular weight excluding hydrogens is 284 g/mol. The van der Waals surface area contributed by atoms with Gasteiger partial charge in [0.25, 0.3) is 10.0 Å². The molecule has 0 fully saturated rings. The Morgan fingerprint density at radius 2 is 2.15 bits per heavy atom. The third-order valence-electron chi connectivity index (χ3n) is 2.75. The van der Waals surface area contributed by atoms with E-state index in [0.717, 1.165) is 4.31 Å². The molecule has 2 rings (SSSR count). The van der Waals surface area contributed by atoms with E-state index < -0.39 is 16.0 Å². The number of carboxylic acids is 1. The number of rotatable bonds is 4. The second kappa shape index (κ2) is 4.85. The molecule has 0 spiro atoms. The number of nitrogens with one attached hydrogen (secondary N) is 1. The molecule has 0 amide bonds. The largest absolute Gasteiger partial charge is 0.478 e. The lowest BCUT2D eigenvalue weighted by molar-refractivity contribution is 0.0697. The number of nitrogens with zero attached hydrogens (tertiary/aromatic N) is 2. The molecule has 0 bridgehead atoms. The van der Waals surface area contributed by atoms with Crippen molar-refractivity contribution in [3.63, 3.8) is 0 Å². The number of benzene rings is 1. The van der Waals surface area contributed by atoms with Crippen LogP contribution in [0.2, 0.25) is 0 Å². The van der Waals surface area contributed by atoms with Crippen LogP contribution in [0, 0.1) is 0 Å². The maximum absolute atomic E-state index is 12.3. The Kier molecular flexibility index (Phi) is 3.36. The number of carboxylic acid groups (broad SMARTS) is 1. The average molecular weight is 296 g/mol. The second-order valence-electron chi connectivity index (χ2n) is 3.99. The van der Waals surface area contributed by atoms with E-state index in [-0.39, 0.29) is 21.8 Å². The number of aromatic carboxylic acids is 1. The molecule has 1 heterocycles. The van der Waals surface area contributed by atoms with Gasteiger partial charge in [-0.1, -0.05) is 0 Å². The van der Waals surface area contributed by atoms with Gasteiger partial charge in [0.15, 0.2) is 0 Å². The van der Waals surface area contributed by atoms with Crippen molar-refractivity contribution in [2.45, 2.75) is 4.90 Å². The van der Waals surface area contributed by atoms with Gasteiger partial charge in [0.1, 0.15) is 4.90 Å². The molecule has 0 saturated carbocycles. The van der Waals surface area contributed by atoms with Crippen molar-refractivity contribution in [3.05, 3.63) is 36.2 Å². The third kappa shape index (κ3) is 2.30. The highest BCUT2D eigenvalue weighted by Crippen LogP contribution is 2.28. The molecule has 1 aromatic carbocycles. The summed E-state index contributed by atoms with van der Waals surface area (Å²) in [6.45, 7) is 0. The first kappa shape index (κ1) is 13.9. The average Bonchev–Trinajstić information content (AvgIpc) is 2.92. The van der Waals surface area contributed by atoms with E-state index in [9.17, 15) is 13.2 Å². The van der Waals surface area contributed by atoms with Gasteiger partial charge in [-0.2, -0.15) is 5.10 Å². The Morgan fingerprint density at radius 3 is 2.65 bits per heavy atom. The molecule has 0 saturated heterocycles. The highest BCUT2D eigenvalue weighted by Gasteiger charge is 2.24. The lowest BCUT2D eigenvalue weighted by Crippen LogP contribution is -2.27. The predicted octanol–water partition coefficient (Wildman–Crippen LogP) is 0.515. The minimum Gasteiger partial charge on any atom is -0.478 e. The van der Waals surface area contributed by atoms with Crippen molar-refractivity contribution in [2.24, 2.45) is 0 Å². The smallest absolute Gasteiger partial charge is 0.335 e. The van der Waals surface area contributed by atoms with E-state index in [0.29, 0.717) is 0 Å². The summed E-state index contributed by atoms with van der Waals surface area (Å²) in [7, 11) is -2.46. The zero-order chi connectivity index (χ0) is 14.9. The fraction of sp³-hybridized carbons (Fsp3) is 0.0909. The van der Waals surface area contributed by atoms with Gasteiger partial charge in [0.2, 0.25) is 0 Å². The summed E-state index contributed by atoms with van der Waals surface area (Å²) >= 11 is 0. The Balaban J connectivity index is 2.44. The first-order valence-electron chi connectivity index (χ1n) is 5.44. The number of hydrogen-bond donors (Lipinski definition) is 3. The minimum atomic E-state index is -3.79. The topological polar surface area (TPSA) is 129 Å². The number of nitrogens with two attached hydrogens (primary N) is 1. The molecule has 0 aliphatic rings. The molecule has 0 unspecified atom stereocenters. The van der Waals surface area contributed by atoms with Gasteiger partial charge in [-0.05, 0) is 18.2 Å². The second-order valence-corrected chi connectivity index (χ2v) is 5.95. The van der Waals surface area contributed by atoms with Crippen LogP contribution >= 0.6 is 0 Å². The number of nitrogen functional groups attached to an aromatic ring is 1. The standard InChI is InChI=1S/C11H12N4O4S/c1-15(20(18,19)8-5-13-14-6-8)10-3-2-7(11(16)17)4-9(10)12/h2-6H,12H2,1H3,(H,13,14)(H,16,17). The van der Waals surface area contributed by atoms with E-state index >= 15 is 0 Å². The maximum atomic E-state index is 12.3. The quantitative estimate of drug-likeness (QED) is 0.705. The molecule has 0 radical (unpaired) electrons. The van der Waals surface area contributed by atoms with E-state index in [2.05, 4.69) is 10.2 Å². The molecule has 106 valence electrons. The molecule has 0 atom stereocenters. The van der Waals surface area contributed by atoms with Gasteiger partial charge in [-0.25, -0.2) is 13.2 Å². The number of carbonyl (C=O) groups is 1. The monoisotopic (exact) mass is 296 g/mol. The minimum absolute atomic E-state index is 0.0123. The Hall–Kier alpha value is -2.55. The van der Waals surface area contributed by atoms with Crippen LogP contribution in [0.5, 0.6) is 0 Å². The lowest BCUT2D eigenvalue weighted by Gasteiger charge is -2.20. The Bertz CT molecular complexity index is 740. The molecule has 0 aliphatic heterocycles. The lowest BCUT2D eigenvalue weighted by atomic mass is 10.2. The van der Waals surface area contributed by atoms with Gasteiger partial charge >= 0.3 is 5.97 Å². The Labute approximate surface area is 114 Å². The predicted molar refractivity (Wildman–Crippen MR) is 72.0 cm³/mol. The van der Waals surface area contributed by atoms with Crippen molar-refractivity contribution >= 4 is 27.4 Å². The van der Waals surface area contributed by atoms with E-state index in [1.54, 1.807) is 0 Å². The van der Waals surface area contributed by atoms with Crippen LogP contribution in [0.25, 0.3) is 0 Å². The number of hydrogen-bond acceptors (Lipinski definition) is 5. The molecule has 0 aliphatic carbocycles. The van der Waals surface area contributed by atoms with Crippen molar-refractivity contribution in [1.82, 2.24) is 10.2 Å². The van der Waals surface area contributed by atoms with Gasteiger partial charge in [0, 0.05) is 13.2 Å². The van der Waals surface area contributed by atoms with Crippen LogP contribution < -0.4 is 10.0 Å². The highest BCUT2D eigenvalue weighted by atomic mass is 32.2. The number of aromatic amines is 1. The summed E-state index contributed by atoms with van der Waals surface area (Å²) in [5, 5.41) is 14.8. The van der Waals surface area contributed by atoms with Crippen LogP contribution in [0.4, 0.5) is 11.4 Å². The van der Waals surface area contributed by atoms with E-state index in [4.69, 9.17) is 10.8 Å². The molecule has 20 heavy (non-hydrogen) atoms. The molecular formula is C11H12N4O4S. The number of aromatic nitrogens is 2. The normalized spacial score (nSPS) is 11.2. The van der Waals surface area contributed by atoms with Crippen LogP contribution in [0.1, 0.15) is 10.4 Å². The number of sulfonamides is 1. The maximum Gasteiger partial charge on any atom is 0.335 e. The van der Waals surface area contributed by atoms with Crippen molar-refractivity contribution < 1.29 is 18.3 Å². The first-order valence-corrected chi connectivity index (χ1v) is 6.88. The van der Waals surface area contributed by atoms with Crippen molar-refractivity contribution in [2.75, 3.05) is 17.1 Å². The summed E-state index contributed by atoms with van der Waals surface area (Å²) in [6, 6.07) is 3.84. The van der Waals surface area contributed by atoms with Crippen LogP contribution in [-0.2, 0) is 10.0 Å². The zero-order valence-corrected chi connectivity index (χ0v) is 11.3. The van der Waals surface area contributed by atoms with Gasteiger partial charge in [0.05, 0.1) is 23.1 Å². The summed E-state index contributed by atoms with van der Waals surface area (Å²) in [4.78, 5) is 10.8. The van der Waals surface area contributed by atoms with Crippen molar-refractivity contribution in [1.29, 1.82) is 0 Å². The van der Waals surface area contributed by atoms with Crippen LogP contribution in [-0.4, -0.2) is 36.7 Å². The fourth-order valence-corrected chi connectivity index (χ4v) is 2.77. The SMILES string of the molecule is CN(c1ccc(C(=O)O)cc1N)S(=O)(=O)c1cn[nH]c1. The van der Waals surface area contributed by atoms with E-state index in [1.807, 2.05) is 0 Å². The van der Waals surface area contributed by atoms with Gasteiger partial charge in [-0.15, -0.1) is 0 Å². The number of anilines is 2. The molecule has 4 N–H and O–H groups in total. The van der Waals surface area contributed by atoms with Gasteiger partial charge in [-0.3, -0.25) is 9.40 Å². The van der Waals surface area contributed by atoms with E-state index in [1.165, 1.54) is 37.6 Å². The Morgan fingerprint density at radius 1 is 1.45 bits per heavy atom. The molecule has 8 nitrogen and oxygen atoms in total. The number of H-pyrrole nitrogens is 1. The first-order chi connectivity index (χ1) is 9.34. The van der Waals surface area contributed by atoms with Crippen LogP contribution in [0.3, 0.4) is 0 Å². The van der Waals surface area contributed by atoms with Gasteiger partial charge < -0.3 is 10.8 Å². The summed E-state index contributed by atoms with van der Waals surface area (Å²) in [5.74, 6) is -1.14. The summed E-state index contributed by atoms with van der Waals surface area (Å²) in [6.07, 6.45) is 2.42. The van der Waals surface area contributed by atoms with Crippen molar-refractivity contribution in [3.8, 4) is 0 Å². The van der Waals surface area contributed by atoms with Crippen LogP contribution in [0.15, 0.2) is 35.5 Å². The summed E-state index contributed by atoms with van der Waals surface area (Å²) < 4.78 is 25.5. The zero-order valence-electron chi connectivity index (χ0n) is 10.4. The molecule has 1 aromatic heterocycles. The molecule has 2 aromatic rings. The molecule has 9 heteroatoms. The fourth-order valence-electron chi connectivity index (χ4n) is 1.64.